The highest BCUT2D eigenvalue weighted by molar-refractivity contribution is 8.13. The van der Waals surface area contributed by atoms with E-state index < -0.39 is 10.0 Å². The molecule has 2 aromatic rings. The van der Waals surface area contributed by atoms with Crippen LogP contribution in [0.3, 0.4) is 0 Å². The lowest BCUT2D eigenvalue weighted by atomic mass is 10.3. The fourth-order valence-corrected chi connectivity index (χ4v) is 3.27. The van der Waals surface area contributed by atoms with Gasteiger partial charge in [-0.05, 0) is 35.9 Å². The van der Waals surface area contributed by atoms with Crippen molar-refractivity contribution in [2.24, 2.45) is 0 Å². The van der Waals surface area contributed by atoms with Crippen LogP contribution in [0.2, 0.25) is 0 Å². The van der Waals surface area contributed by atoms with E-state index in [-0.39, 0.29) is 10.1 Å². The molecule has 1 aromatic carbocycles. The minimum absolute atomic E-state index is 0.184. The molecule has 0 radical (unpaired) electrons. The second-order valence-electron chi connectivity index (χ2n) is 4.87. The van der Waals surface area contributed by atoms with Gasteiger partial charge >= 0.3 is 0 Å². The minimum atomic E-state index is -3.46. The van der Waals surface area contributed by atoms with Gasteiger partial charge in [0.1, 0.15) is 0 Å². The molecule has 6 nitrogen and oxygen atoms in total. The van der Waals surface area contributed by atoms with E-state index in [4.69, 9.17) is 0 Å². The number of amides is 1. The van der Waals surface area contributed by atoms with Crippen LogP contribution in [-0.2, 0) is 15.8 Å². The summed E-state index contributed by atoms with van der Waals surface area (Å²) in [5.41, 5.74) is 1.51. The fraction of sp³-hybridized carbons (Fsp3) is 0.200. The molecule has 0 spiro atoms. The molecule has 1 N–H and O–H groups in total. The van der Waals surface area contributed by atoms with Gasteiger partial charge < -0.3 is 5.32 Å². The fourth-order valence-electron chi connectivity index (χ4n) is 1.71. The highest BCUT2D eigenvalue weighted by Gasteiger charge is 2.16. The first kappa shape index (κ1) is 17.5. The van der Waals surface area contributed by atoms with Crippen molar-refractivity contribution >= 4 is 32.7 Å². The first-order valence-electron chi connectivity index (χ1n) is 6.75. The summed E-state index contributed by atoms with van der Waals surface area (Å²) >= 11 is 1.12. The number of pyridine rings is 1. The number of hydrogen-bond acceptors (Lipinski definition) is 5. The summed E-state index contributed by atoms with van der Waals surface area (Å²) in [6, 6.07) is 9.79. The van der Waals surface area contributed by atoms with Crippen LogP contribution < -0.4 is 5.32 Å². The summed E-state index contributed by atoms with van der Waals surface area (Å²) in [4.78, 5) is 16.1. The van der Waals surface area contributed by atoms with Crippen LogP contribution >= 0.6 is 11.8 Å². The molecule has 23 heavy (non-hydrogen) atoms. The molecule has 0 saturated heterocycles. The van der Waals surface area contributed by atoms with E-state index >= 15 is 0 Å². The molecule has 2 rings (SSSR count). The third-order valence-electron chi connectivity index (χ3n) is 2.97. The minimum Gasteiger partial charge on any atom is -0.317 e. The molecular weight excluding hydrogens is 334 g/mol. The van der Waals surface area contributed by atoms with Gasteiger partial charge in [0, 0.05) is 37.9 Å². The summed E-state index contributed by atoms with van der Waals surface area (Å²) in [5, 5.41) is 2.50. The van der Waals surface area contributed by atoms with Crippen molar-refractivity contribution in [3.8, 4) is 0 Å². The largest absolute Gasteiger partial charge is 0.317 e. The van der Waals surface area contributed by atoms with Crippen molar-refractivity contribution in [1.29, 1.82) is 0 Å². The Morgan fingerprint density at radius 3 is 2.48 bits per heavy atom. The van der Waals surface area contributed by atoms with Gasteiger partial charge in [0.05, 0.1) is 4.90 Å². The number of nitrogens with one attached hydrogen (secondary N) is 1. The monoisotopic (exact) mass is 351 g/mol. The molecule has 0 aliphatic carbocycles. The topological polar surface area (TPSA) is 79.4 Å². The number of hydrogen-bond donors (Lipinski definition) is 1. The molecule has 1 heterocycles. The van der Waals surface area contributed by atoms with Crippen molar-refractivity contribution in [3.05, 3.63) is 54.4 Å². The average molecular weight is 351 g/mol. The summed E-state index contributed by atoms with van der Waals surface area (Å²) in [6.07, 6.45) is 3.39. The van der Waals surface area contributed by atoms with Crippen LogP contribution in [0.1, 0.15) is 5.56 Å². The Morgan fingerprint density at radius 2 is 1.91 bits per heavy atom. The third-order valence-corrected chi connectivity index (χ3v) is 5.64. The molecule has 0 bridgehead atoms. The molecule has 0 saturated carbocycles. The molecule has 0 aliphatic heterocycles. The van der Waals surface area contributed by atoms with E-state index in [0.717, 1.165) is 21.6 Å². The Morgan fingerprint density at radius 1 is 1.22 bits per heavy atom. The normalized spacial score (nSPS) is 11.4. The molecular formula is C15H17N3O3S2. The predicted molar refractivity (Wildman–Crippen MR) is 91.9 cm³/mol. The second kappa shape index (κ2) is 7.58. The van der Waals surface area contributed by atoms with Crippen molar-refractivity contribution in [2.45, 2.75) is 10.6 Å². The van der Waals surface area contributed by atoms with Crippen LogP contribution in [0.25, 0.3) is 0 Å². The van der Waals surface area contributed by atoms with E-state index in [0.29, 0.717) is 11.4 Å². The van der Waals surface area contributed by atoms with Crippen molar-refractivity contribution in [3.63, 3.8) is 0 Å². The summed E-state index contributed by atoms with van der Waals surface area (Å²) in [7, 11) is -0.515. The lowest BCUT2D eigenvalue weighted by Crippen LogP contribution is -2.22. The third kappa shape index (κ3) is 4.78. The van der Waals surface area contributed by atoms with Gasteiger partial charge in [0.2, 0.25) is 10.0 Å². The number of nitrogens with zero attached hydrogens (tertiary/aromatic N) is 2. The SMILES string of the molecule is CN(C)S(=O)(=O)c1ccc(NC(=O)SCc2cccnc2)cc1. The Labute approximate surface area is 140 Å². The zero-order chi connectivity index (χ0) is 16.9. The zero-order valence-corrected chi connectivity index (χ0v) is 14.4. The molecule has 0 unspecified atom stereocenters. The summed E-state index contributed by atoms with van der Waals surface area (Å²) in [5.74, 6) is 0.521. The Balaban J connectivity index is 1.94. The maximum Gasteiger partial charge on any atom is 0.283 e. The molecule has 1 amide bonds. The van der Waals surface area contributed by atoms with Crippen LogP contribution in [0.15, 0.2) is 53.7 Å². The maximum atomic E-state index is 12.0. The summed E-state index contributed by atoms with van der Waals surface area (Å²) in [6.45, 7) is 0. The number of sulfonamides is 1. The number of thioether (sulfide) groups is 1. The van der Waals surface area contributed by atoms with Gasteiger partial charge in [-0.3, -0.25) is 9.78 Å². The van der Waals surface area contributed by atoms with Gasteiger partial charge in [-0.25, -0.2) is 12.7 Å². The summed E-state index contributed by atoms with van der Waals surface area (Å²) < 4.78 is 25.0. The van der Waals surface area contributed by atoms with Gasteiger partial charge in [0.15, 0.2) is 0 Å². The van der Waals surface area contributed by atoms with Crippen LogP contribution in [0.5, 0.6) is 0 Å². The predicted octanol–water partition coefficient (Wildman–Crippen LogP) is 2.80. The molecule has 0 atom stereocenters. The smallest absolute Gasteiger partial charge is 0.283 e. The van der Waals surface area contributed by atoms with Crippen molar-refractivity contribution < 1.29 is 13.2 Å². The van der Waals surface area contributed by atoms with Crippen molar-refractivity contribution in [2.75, 3.05) is 19.4 Å². The maximum absolute atomic E-state index is 12.0. The molecule has 8 heteroatoms. The molecule has 122 valence electrons. The van der Waals surface area contributed by atoms with Gasteiger partial charge in [-0.1, -0.05) is 17.8 Å². The lowest BCUT2D eigenvalue weighted by Gasteiger charge is -2.11. The average Bonchev–Trinajstić information content (AvgIpc) is 2.54. The van der Waals surface area contributed by atoms with Crippen molar-refractivity contribution in [1.82, 2.24) is 9.29 Å². The van der Waals surface area contributed by atoms with Gasteiger partial charge in [-0.15, -0.1) is 0 Å². The number of anilines is 1. The zero-order valence-electron chi connectivity index (χ0n) is 12.8. The van der Waals surface area contributed by atoms with Gasteiger partial charge in [-0.2, -0.15) is 0 Å². The van der Waals surface area contributed by atoms with Crippen LogP contribution in [0, 0.1) is 0 Å². The Kier molecular flexibility index (Phi) is 5.75. The number of aromatic nitrogens is 1. The standard InChI is InChI=1S/C15H17N3O3S2/c1-18(2)23(20,21)14-7-5-13(6-8-14)17-15(19)22-11-12-4-3-9-16-10-12/h3-10H,11H2,1-2H3,(H,17,19). The van der Waals surface area contributed by atoms with Crippen LogP contribution in [-0.4, -0.2) is 37.0 Å². The molecule has 1 aromatic heterocycles. The number of benzene rings is 1. The highest BCUT2D eigenvalue weighted by atomic mass is 32.2. The van der Waals surface area contributed by atoms with Gasteiger partial charge in [0.25, 0.3) is 5.24 Å². The number of carbonyl (C=O) groups excluding carboxylic acids is 1. The number of carbonyl (C=O) groups is 1. The quantitative estimate of drug-likeness (QED) is 0.896. The Bertz CT molecular complexity index is 760. The molecule has 0 aliphatic rings. The first-order chi connectivity index (χ1) is 10.9. The Hall–Kier alpha value is -1.90. The second-order valence-corrected chi connectivity index (χ2v) is 7.97. The lowest BCUT2D eigenvalue weighted by molar-refractivity contribution is 0.269. The first-order valence-corrected chi connectivity index (χ1v) is 9.17. The highest BCUT2D eigenvalue weighted by Crippen LogP contribution is 2.19. The van der Waals surface area contributed by atoms with E-state index in [2.05, 4.69) is 10.3 Å². The van der Waals surface area contributed by atoms with E-state index in [1.54, 1.807) is 24.5 Å². The molecule has 0 fully saturated rings. The van der Waals surface area contributed by atoms with Crippen LogP contribution in [0.4, 0.5) is 10.5 Å². The van der Waals surface area contributed by atoms with E-state index in [1.807, 2.05) is 12.1 Å². The van der Waals surface area contributed by atoms with E-state index in [9.17, 15) is 13.2 Å². The van der Waals surface area contributed by atoms with E-state index in [1.165, 1.54) is 26.2 Å². The number of rotatable bonds is 5.